The molecule has 1 aromatic rings. The van der Waals surface area contributed by atoms with Gasteiger partial charge in [0.05, 0.1) is 0 Å². The molecule has 1 amide bonds. The summed E-state index contributed by atoms with van der Waals surface area (Å²) < 4.78 is 0. The average molecular weight is 327 g/mol. The van der Waals surface area contributed by atoms with Crippen molar-refractivity contribution in [2.24, 2.45) is 5.92 Å². The summed E-state index contributed by atoms with van der Waals surface area (Å²) in [7, 11) is 0. The van der Waals surface area contributed by atoms with E-state index in [0.717, 1.165) is 51.0 Å². The molecule has 4 heteroatoms. The van der Waals surface area contributed by atoms with Crippen LogP contribution in [0.2, 0.25) is 0 Å². The first-order valence-corrected chi connectivity index (χ1v) is 9.57. The zero-order chi connectivity index (χ0) is 16.7. The number of carbonyl (C=O) groups excluding carboxylic acids is 1. The van der Waals surface area contributed by atoms with Gasteiger partial charge in [-0.05, 0) is 49.8 Å². The predicted octanol–water partition coefficient (Wildman–Crippen LogP) is 2.98. The smallest absolute Gasteiger partial charge is 0.226 e. The number of nitrogen functional groups attached to an aromatic ring is 1. The zero-order valence-electron chi connectivity index (χ0n) is 14.7. The maximum atomic E-state index is 12.8. The van der Waals surface area contributed by atoms with Crippen LogP contribution in [0.25, 0.3) is 0 Å². The molecule has 130 valence electrons. The molecule has 3 aliphatic rings. The number of carbonyl (C=O) groups is 1. The van der Waals surface area contributed by atoms with E-state index in [1.165, 1.54) is 24.0 Å². The number of anilines is 1. The molecule has 2 aliphatic carbocycles. The summed E-state index contributed by atoms with van der Waals surface area (Å²) >= 11 is 0. The molecule has 1 aliphatic heterocycles. The van der Waals surface area contributed by atoms with Crippen LogP contribution in [0.1, 0.15) is 56.2 Å². The van der Waals surface area contributed by atoms with Crippen molar-refractivity contribution in [1.82, 2.24) is 9.80 Å². The fraction of sp³-hybridized carbons (Fsp3) is 0.650. The maximum Gasteiger partial charge on any atom is 0.226 e. The number of piperazine rings is 1. The van der Waals surface area contributed by atoms with Crippen molar-refractivity contribution in [2.75, 3.05) is 25.4 Å². The van der Waals surface area contributed by atoms with Gasteiger partial charge in [0.25, 0.3) is 0 Å². The largest absolute Gasteiger partial charge is 0.398 e. The van der Waals surface area contributed by atoms with Crippen molar-refractivity contribution in [2.45, 2.75) is 57.5 Å². The third kappa shape index (κ3) is 2.71. The molecular weight excluding hydrogens is 298 g/mol. The molecule has 0 spiro atoms. The van der Waals surface area contributed by atoms with Gasteiger partial charge in [-0.15, -0.1) is 0 Å². The van der Waals surface area contributed by atoms with E-state index in [0.29, 0.717) is 23.9 Å². The Kier molecular flexibility index (Phi) is 4.25. The Hall–Kier alpha value is -1.55. The lowest BCUT2D eigenvalue weighted by atomic mass is 10.0. The minimum Gasteiger partial charge on any atom is -0.398 e. The highest BCUT2D eigenvalue weighted by Crippen LogP contribution is 2.39. The van der Waals surface area contributed by atoms with Crippen molar-refractivity contribution in [3.63, 3.8) is 0 Å². The highest BCUT2D eigenvalue weighted by Gasteiger charge is 2.37. The van der Waals surface area contributed by atoms with E-state index in [9.17, 15) is 4.79 Å². The Labute approximate surface area is 145 Å². The first-order valence-electron chi connectivity index (χ1n) is 9.57. The molecule has 1 unspecified atom stereocenters. The van der Waals surface area contributed by atoms with Crippen LogP contribution in [0.5, 0.6) is 0 Å². The van der Waals surface area contributed by atoms with Crippen LogP contribution in [0.4, 0.5) is 5.69 Å². The molecule has 1 saturated carbocycles. The second kappa shape index (κ2) is 6.40. The minimum absolute atomic E-state index is 0.297. The lowest BCUT2D eigenvalue weighted by Crippen LogP contribution is -2.55. The Morgan fingerprint density at radius 2 is 1.96 bits per heavy atom. The lowest BCUT2D eigenvalue weighted by molar-refractivity contribution is -0.140. The van der Waals surface area contributed by atoms with Gasteiger partial charge in [-0.25, -0.2) is 0 Å². The monoisotopic (exact) mass is 327 g/mol. The normalized spacial score (nSPS) is 28.3. The molecule has 4 nitrogen and oxygen atoms in total. The number of nitrogens with two attached hydrogens (primary N) is 1. The second-order valence-corrected chi connectivity index (χ2v) is 7.83. The molecule has 0 bridgehead atoms. The molecule has 1 heterocycles. The van der Waals surface area contributed by atoms with Gasteiger partial charge in [0.2, 0.25) is 5.91 Å². The SMILES string of the molecule is C[C@H]1CN(C2CCc3c(N)cccc32)CCN1C(=O)C1CCCC1. The number of nitrogens with zero attached hydrogens (tertiary/aromatic N) is 2. The van der Waals surface area contributed by atoms with E-state index in [2.05, 4.69) is 28.9 Å². The molecule has 1 aromatic carbocycles. The maximum absolute atomic E-state index is 12.8. The molecule has 2 atom stereocenters. The number of hydrogen-bond acceptors (Lipinski definition) is 3. The summed E-state index contributed by atoms with van der Waals surface area (Å²) in [4.78, 5) is 17.5. The third-order valence-corrected chi connectivity index (χ3v) is 6.36. The summed E-state index contributed by atoms with van der Waals surface area (Å²) in [5, 5.41) is 0. The van der Waals surface area contributed by atoms with Crippen LogP contribution in [-0.4, -0.2) is 41.4 Å². The van der Waals surface area contributed by atoms with Crippen molar-refractivity contribution in [1.29, 1.82) is 0 Å². The average Bonchev–Trinajstić information content (AvgIpc) is 3.24. The zero-order valence-corrected chi connectivity index (χ0v) is 14.7. The van der Waals surface area contributed by atoms with Gasteiger partial charge in [0.15, 0.2) is 0 Å². The quantitative estimate of drug-likeness (QED) is 0.850. The molecule has 24 heavy (non-hydrogen) atoms. The van der Waals surface area contributed by atoms with E-state index in [1.807, 2.05) is 6.07 Å². The van der Waals surface area contributed by atoms with E-state index in [-0.39, 0.29) is 0 Å². The Balaban J connectivity index is 1.44. The summed E-state index contributed by atoms with van der Waals surface area (Å²) in [6.45, 7) is 5.07. The Bertz CT molecular complexity index is 623. The van der Waals surface area contributed by atoms with Crippen molar-refractivity contribution in [3.8, 4) is 0 Å². The van der Waals surface area contributed by atoms with Gasteiger partial charge in [0.1, 0.15) is 0 Å². The highest BCUT2D eigenvalue weighted by atomic mass is 16.2. The van der Waals surface area contributed by atoms with Gasteiger partial charge in [-0.2, -0.15) is 0 Å². The summed E-state index contributed by atoms with van der Waals surface area (Å²) in [6, 6.07) is 7.13. The molecule has 4 rings (SSSR count). The van der Waals surface area contributed by atoms with Gasteiger partial charge < -0.3 is 10.6 Å². The molecular formula is C20H29N3O. The van der Waals surface area contributed by atoms with Crippen LogP contribution in [0, 0.1) is 5.92 Å². The van der Waals surface area contributed by atoms with Crippen molar-refractivity contribution < 1.29 is 4.79 Å². The summed E-state index contributed by atoms with van der Waals surface area (Å²) in [5.41, 5.74) is 9.86. The minimum atomic E-state index is 0.297. The van der Waals surface area contributed by atoms with Gasteiger partial charge in [0, 0.05) is 43.3 Å². The molecule has 0 aromatic heterocycles. The van der Waals surface area contributed by atoms with E-state index < -0.39 is 0 Å². The summed E-state index contributed by atoms with van der Waals surface area (Å²) in [5.74, 6) is 0.710. The fourth-order valence-electron chi connectivity index (χ4n) is 5.04. The number of amides is 1. The third-order valence-electron chi connectivity index (χ3n) is 6.36. The number of rotatable bonds is 2. The predicted molar refractivity (Wildman–Crippen MR) is 96.6 cm³/mol. The van der Waals surface area contributed by atoms with Crippen LogP contribution in [0.15, 0.2) is 18.2 Å². The van der Waals surface area contributed by atoms with Crippen molar-refractivity contribution in [3.05, 3.63) is 29.3 Å². The standard InChI is InChI=1S/C20H29N3O/c1-14-13-22(11-12-23(14)20(24)15-5-2-3-6-15)19-10-9-16-17(19)7-4-8-18(16)21/h4,7-8,14-15,19H,2-3,5-6,9-13,21H2,1H3/t14-,19?/m0/s1. The second-order valence-electron chi connectivity index (χ2n) is 7.83. The van der Waals surface area contributed by atoms with E-state index >= 15 is 0 Å². The van der Waals surface area contributed by atoms with Gasteiger partial charge in [-0.3, -0.25) is 9.69 Å². The lowest BCUT2D eigenvalue weighted by Gasteiger charge is -2.43. The fourth-order valence-corrected chi connectivity index (χ4v) is 5.04. The van der Waals surface area contributed by atoms with Gasteiger partial charge >= 0.3 is 0 Å². The van der Waals surface area contributed by atoms with Crippen LogP contribution in [-0.2, 0) is 11.2 Å². The Morgan fingerprint density at radius 3 is 2.71 bits per heavy atom. The Morgan fingerprint density at radius 1 is 1.17 bits per heavy atom. The first-order chi connectivity index (χ1) is 11.6. The molecule has 1 saturated heterocycles. The number of fused-ring (bicyclic) bond motifs is 1. The number of hydrogen-bond donors (Lipinski definition) is 1. The van der Waals surface area contributed by atoms with Crippen LogP contribution >= 0.6 is 0 Å². The van der Waals surface area contributed by atoms with Crippen LogP contribution in [0.3, 0.4) is 0 Å². The first kappa shape index (κ1) is 15.9. The van der Waals surface area contributed by atoms with Gasteiger partial charge in [-0.1, -0.05) is 25.0 Å². The van der Waals surface area contributed by atoms with Crippen molar-refractivity contribution >= 4 is 11.6 Å². The molecule has 2 fully saturated rings. The topological polar surface area (TPSA) is 49.6 Å². The highest BCUT2D eigenvalue weighted by molar-refractivity contribution is 5.79. The summed E-state index contributed by atoms with van der Waals surface area (Å²) in [6.07, 6.45) is 6.90. The van der Waals surface area contributed by atoms with Crippen LogP contribution < -0.4 is 5.73 Å². The molecule has 0 radical (unpaired) electrons. The van der Waals surface area contributed by atoms with E-state index in [1.54, 1.807) is 0 Å². The molecule has 2 N–H and O–H groups in total. The number of benzene rings is 1. The van der Waals surface area contributed by atoms with E-state index in [4.69, 9.17) is 5.73 Å².